The van der Waals surface area contributed by atoms with Crippen molar-refractivity contribution in [2.45, 2.75) is 71.1 Å². The second-order valence-electron chi connectivity index (χ2n) is 7.46. The molecule has 112 valence electrons. The monoisotopic (exact) mass is 268 g/mol. The van der Waals surface area contributed by atoms with Gasteiger partial charge in [-0.15, -0.1) is 0 Å². The number of likely N-dealkylation sites (tertiary alicyclic amines) is 1. The average molecular weight is 268 g/mol. The first-order chi connectivity index (χ1) is 8.96. The topological polar surface area (TPSA) is 38.5 Å². The Bertz CT molecular complexity index is 292. The second kappa shape index (κ2) is 6.11. The Morgan fingerprint density at radius 2 is 2.05 bits per heavy atom. The summed E-state index contributed by atoms with van der Waals surface area (Å²) in [4.78, 5) is 2.70. The van der Waals surface area contributed by atoms with Gasteiger partial charge in [-0.1, -0.05) is 20.8 Å². The molecule has 0 amide bonds. The van der Waals surface area contributed by atoms with Crippen molar-refractivity contribution in [1.82, 2.24) is 4.90 Å². The number of nitrogens with zero attached hydrogens (tertiary/aromatic N) is 1. The van der Waals surface area contributed by atoms with Crippen molar-refractivity contribution >= 4 is 0 Å². The number of piperidine rings is 1. The number of methoxy groups -OCH3 is 1. The Hall–Kier alpha value is -0.120. The second-order valence-corrected chi connectivity index (χ2v) is 7.46. The molecule has 0 bridgehead atoms. The van der Waals surface area contributed by atoms with Crippen molar-refractivity contribution in [1.29, 1.82) is 0 Å². The van der Waals surface area contributed by atoms with Gasteiger partial charge in [0.1, 0.15) is 0 Å². The van der Waals surface area contributed by atoms with Gasteiger partial charge < -0.3 is 10.5 Å². The van der Waals surface area contributed by atoms with Crippen LogP contribution in [-0.2, 0) is 4.74 Å². The zero-order chi connectivity index (χ0) is 14.0. The lowest BCUT2D eigenvalue weighted by Crippen LogP contribution is -2.56. The lowest BCUT2D eigenvalue weighted by atomic mass is 9.69. The molecule has 0 aromatic carbocycles. The molecule has 4 atom stereocenters. The normalized spacial score (nSPS) is 40.3. The fourth-order valence-corrected chi connectivity index (χ4v) is 4.34. The van der Waals surface area contributed by atoms with E-state index in [0.29, 0.717) is 17.6 Å². The lowest BCUT2D eigenvalue weighted by Gasteiger charge is -2.49. The number of ether oxygens (including phenoxy) is 1. The van der Waals surface area contributed by atoms with E-state index < -0.39 is 0 Å². The maximum atomic E-state index is 6.02. The average Bonchev–Trinajstić information content (AvgIpc) is 2.37. The van der Waals surface area contributed by atoms with Gasteiger partial charge in [-0.2, -0.15) is 0 Å². The van der Waals surface area contributed by atoms with E-state index in [0.717, 1.165) is 31.5 Å². The van der Waals surface area contributed by atoms with Crippen LogP contribution in [0.15, 0.2) is 0 Å². The first kappa shape index (κ1) is 15.3. The molecule has 4 unspecified atom stereocenters. The third-order valence-electron chi connectivity index (χ3n) is 5.39. The predicted molar refractivity (Wildman–Crippen MR) is 80.2 cm³/mol. The summed E-state index contributed by atoms with van der Waals surface area (Å²) < 4.78 is 5.54. The van der Waals surface area contributed by atoms with E-state index in [9.17, 15) is 0 Å². The van der Waals surface area contributed by atoms with Crippen LogP contribution in [0.25, 0.3) is 0 Å². The minimum Gasteiger partial charge on any atom is -0.381 e. The van der Waals surface area contributed by atoms with Crippen molar-refractivity contribution in [3.05, 3.63) is 0 Å². The standard InChI is InChI=1S/C16H32N2O/c1-12-10-16(2,3)7-5-15(12)18-8-6-14(19-4)9-13(18)11-17/h12-15H,5-11,17H2,1-4H3. The fourth-order valence-electron chi connectivity index (χ4n) is 4.34. The highest BCUT2D eigenvalue weighted by Gasteiger charge is 2.39. The van der Waals surface area contributed by atoms with Crippen LogP contribution >= 0.6 is 0 Å². The first-order valence-electron chi connectivity index (χ1n) is 7.95. The molecule has 2 N–H and O–H groups in total. The van der Waals surface area contributed by atoms with E-state index in [-0.39, 0.29) is 0 Å². The van der Waals surface area contributed by atoms with Gasteiger partial charge in [0, 0.05) is 32.3 Å². The van der Waals surface area contributed by atoms with E-state index in [1.54, 1.807) is 0 Å². The molecule has 1 aliphatic carbocycles. The molecular weight excluding hydrogens is 236 g/mol. The van der Waals surface area contributed by atoms with Crippen molar-refractivity contribution < 1.29 is 4.74 Å². The Morgan fingerprint density at radius 1 is 1.32 bits per heavy atom. The van der Waals surface area contributed by atoms with Crippen molar-refractivity contribution in [3.8, 4) is 0 Å². The van der Waals surface area contributed by atoms with Crippen LogP contribution in [0.4, 0.5) is 0 Å². The summed E-state index contributed by atoms with van der Waals surface area (Å²) in [6.07, 6.45) is 6.73. The molecule has 0 spiro atoms. The quantitative estimate of drug-likeness (QED) is 0.855. The zero-order valence-electron chi connectivity index (χ0n) is 13.2. The number of rotatable bonds is 3. The van der Waals surface area contributed by atoms with Crippen molar-refractivity contribution in [3.63, 3.8) is 0 Å². The Balaban J connectivity index is 2.00. The minimum absolute atomic E-state index is 0.417. The van der Waals surface area contributed by atoms with Gasteiger partial charge in [-0.3, -0.25) is 4.90 Å². The van der Waals surface area contributed by atoms with E-state index in [1.807, 2.05) is 7.11 Å². The molecule has 1 saturated heterocycles. The van der Waals surface area contributed by atoms with Gasteiger partial charge in [0.25, 0.3) is 0 Å². The molecule has 0 aromatic rings. The lowest BCUT2D eigenvalue weighted by molar-refractivity contribution is -0.0336. The van der Waals surface area contributed by atoms with Crippen LogP contribution in [-0.4, -0.2) is 43.3 Å². The van der Waals surface area contributed by atoms with Gasteiger partial charge in [-0.25, -0.2) is 0 Å². The third kappa shape index (κ3) is 3.50. The Kier molecular flexibility index (Phi) is 4.91. The Morgan fingerprint density at radius 3 is 2.63 bits per heavy atom. The number of hydrogen-bond donors (Lipinski definition) is 1. The van der Waals surface area contributed by atoms with Gasteiger partial charge in [0.2, 0.25) is 0 Å². The maximum absolute atomic E-state index is 6.02. The summed E-state index contributed by atoms with van der Waals surface area (Å²) in [5.74, 6) is 0.789. The van der Waals surface area contributed by atoms with Gasteiger partial charge in [0.15, 0.2) is 0 Å². The molecule has 3 heteroatoms. The SMILES string of the molecule is COC1CCN(C2CCC(C)(C)CC2C)C(CN)C1. The van der Waals surface area contributed by atoms with Crippen LogP contribution in [0.2, 0.25) is 0 Å². The van der Waals surface area contributed by atoms with Crippen molar-refractivity contribution in [2.24, 2.45) is 17.1 Å². The minimum atomic E-state index is 0.417. The molecule has 0 aromatic heterocycles. The van der Waals surface area contributed by atoms with E-state index >= 15 is 0 Å². The summed E-state index contributed by atoms with van der Waals surface area (Å²) in [5, 5.41) is 0. The maximum Gasteiger partial charge on any atom is 0.0599 e. The highest BCUT2D eigenvalue weighted by atomic mass is 16.5. The summed E-state index contributed by atoms with van der Waals surface area (Å²) in [6, 6.07) is 1.26. The molecule has 0 radical (unpaired) electrons. The summed E-state index contributed by atoms with van der Waals surface area (Å²) >= 11 is 0. The summed E-state index contributed by atoms with van der Waals surface area (Å²) in [6.45, 7) is 9.19. The molecule has 1 saturated carbocycles. The van der Waals surface area contributed by atoms with Crippen molar-refractivity contribution in [2.75, 3.05) is 20.2 Å². The van der Waals surface area contributed by atoms with Crippen LogP contribution in [0.3, 0.4) is 0 Å². The van der Waals surface area contributed by atoms with E-state index in [2.05, 4.69) is 25.7 Å². The number of nitrogens with two attached hydrogens (primary N) is 1. The van der Waals surface area contributed by atoms with Crippen LogP contribution in [0.1, 0.15) is 52.9 Å². The zero-order valence-corrected chi connectivity index (χ0v) is 13.2. The summed E-state index contributed by atoms with van der Waals surface area (Å²) in [7, 11) is 1.83. The van der Waals surface area contributed by atoms with E-state index in [1.165, 1.54) is 25.7 Å². The molecule has 1 heterocycles. The smallest absolute Gasteiger partial charge is 0.0599 e. The third-order valence-corrected chi connectivity index (χ3v) is 5.39. The fraction of sp³-hybridized carbons (Fsp3) is 1.00. The van der Waals surface area contributed by atoms with Crippen LogP contribution < -0.4 is 5.73 Å². The first-order valence-corrected chi connectivity index (χ1v) is 7.95. The van der Waals surface area contributed by atoms with Gasteiger partial charge >= 0.3 is 0 Å². The van der Waals surface area contributed by atoms with E-state index in [4.69, 9.17) is 10.5 Å². The Labute approximate surface area is 118 Å². The number of hydrogen-bond acceptors (Lipinski definition) is 3. The van der Waals surface area contributed by atoms with Crippen LogP contribution in [0, 0.1) is 11.3 Å². The highest BCUT2D eigenvalue weighted by Crippen LogP contribution is 2.41. The highest BCUT2D eigenvalue weighted by molar-refractivity contribution is 4.93. The molecule has 2 aliphatic rings. The summed E-state index contributed by atoms with van der Waals surface area (Å²) in [5.41, 5.74) is 6.55. The van der Waals surface area contributed by atoms with Gasteiger partial charge in [0.05, 0.1) is 6.10 Å². The molecule has 2 rings (SSSR count). The van der Waals surface area contributed by atoms with Gasteiger partial charge in [-0.05, 0) is 43.4 Å². The molecule has 19 heavy (non-hydrogen) atoms. The van der Waals surface area contributed by atoms with Crippen LogP contribution in [0.5, 0.6) is 0 Å². The largest absolute Gasteiger partial charge is 0.381 e. The molecular formula is C16H32N2O. The molecule has 3 nitrogen and oxygen atoms in total. The predicted octanol–water partition coefficient (Wildman–Crippen LogP) is 2.64. The molecule has 2 fully saturated rings. The molecule has 1 aliphatic heterocycles.